The van der Waals surface area contributed by atoms with Crippen LogP contribution in [0.25, 0.3) is 11.1 Å². The van der Waals surface area contributed by atoms with Crippen LogP contribution in [0, 0.1) is 0 Å². The lowest BCUT2D eigenvalue weighted by molar-refractivity contribution is -0.137. The van der Waals surface area contributed by atoms with E-state index in [0.29, 0.717) is 33.6 Å². The molecule has 4 rings (SSSR count). The maximum atomic E-state index is 13.0. The van der Waals surface area contributed by atoms with Crippen LogP contribution in [-0.2, 0) is 6.18 Å². The Morgan fingerprint density at radius 3 is 2.06 bits per heavy atom. The number of hydrogen-bond donors (Lipinski definition) is 2. The summed E-state index contributed by atoms with van der Waals surface area (Å²) in [5, 5.41) is 5.52. The average molecular weight is 461 g/mol. The summed E-state index contributed by atoms with van der Waals surface area (Å²) in [6.45, 7) is 0. The Morgan fingerprint density at radius 1 is 0.735 bits per heavy atom. The Morgan fingerprint density at radius 2 is 1.41 bits per heavy atom. The van der Waals surface area contributed by atoms with Crippen LogP contribution in [0.2, 0.25) is 0 Å². The summed E-state index contributed by atoms with van der Waals surface area (Å²) in [6.07, 6.45) is -1.43. The van der Waals surface area contributed by atoms with Gasteiger partial charge in [0.15, 0.2) is 0 Å². The van der Waals surface area contributed by atoms with E-state index in [1.807, 2.05) is 0 Å². The second-order valence-corrected chi connectivity index (χ2v) is 7.35. The fourth-order valence-electron chi connectivity index (χ4n) is 3.35. The van der Waals surface area contributed by atoms with E-state index in [2.05, 4.69) is 15.6 Å². The van der Waals surface area contributed by atoms with Crippen molar-refractivity contribution in [1.29, 1.82) is 0 Å². The first-order valence-corrected chi connectivity index (χ1v) is 10.2. The lowest BCUT2D eigenvalue weighted by atomic mass is 9.98. The van der Waals surface area contributed by atoms with E-state index >= 15 is 0 Å². The molecule has 2 amide bonds. The van der Waals surface area contributed by atoms with E-state index in [4.69, 9.17) is 0 Å². The highest BCUT2D eigenvalue weighted by Crippen LogP contribution is 2.32. The molecular formula is C26H18F3N3O2. The van der Waals surface area contributed by atoms with Crippen LogP contribution in [0.15, 0.2) is 97.3 Å². The lowest BCUT2D eigenvalue weighted by Gasteiger charge is -2.13. The number of nitrogens with one attached hydrogen (secondary N) is 2. The molecule has 0 unspecified atom stereocenters. The van der Waals surface area contributed by atoms with Crippen molar-refractivity contribution in [3.63, 3.8) is 0 Å². The number of benzene rings is 3. The van der Waals surface area contributed by atoms with Crippen LogP contribution in [-0.4, -0.2) is 16.8 Å². The van der Waals surface area contributed by atoms with Gasteiger partial charge in [0, 0.05) is 29.3 Å². The van der Waals surface area contributed by atoms with Crippen molar-refractivity contribution >= 4 is 23.2 Å². The monoisotopic (exact) mass is 461 g/mol. The predicted octanol–water partition coefficient (Wildman–Crippen LogP) is 6.27. The van der Waals surface area contributed by atoms with Crippen molar-refractivity contribution in [1.82, 2.24) is 4.98 Å². The van der Waals surface area contributed by atoms with E-state index in [0.717, 1.165) is 12.1 Å². The third-order valence-electron chi connectivity index (χ3n) is 5.00. The summed E-state index contributed by atoms with van der Waals surface area (Å²) in [5.41, 5.74) is 1.82. The van der Waals surface area contributed by atoms with Crippen molar-refractivity contribution in [2.24, 2.45) is 0 Å². The van der Waals surface area contributed by atoms with Crippen LogP contribution < -0.4 is 10.6 Å². The van der Waals surface area contributed by atoms with Crippen molar-refractivity contribution in [3.8, 4) is 11.1 Å². The minimum atomic E-state index is -4.44. The van der Waals surface area contributed by atoms with Crippen LogP contribution in [0.3, 0.4) is 0 Å². The number of aromatic nitrogens is 1. The smallest absolute Gasteiger partial charge is 0.322 e. The van der Waals surface area contributed by atoms with Gasteiger partial charge >= 0.3 is 6.18 Å². The largest absolute Gasteiger partial charge is 0.416 e. The van der Waals surface area contributed by atoms with E-state index in [-0.39, 0.29) is 5.91 Å². The molecule has 1 heterocycles. The third-order valence-corrected chi connectivity index (χ3v) is 5.00. The molecule has 170 valence electrons. The van der Waals surface area contributed by atoms with Crippen molar-refractivity contribution < 1.29 is 22.8 Å². The van der Waals surface area contributed by atoms with E-state index in [1.165, 1.54) is 18.3 Å². The summed E-state index contributed by atoms with van der Waals surface area (Å²) >= 11 is 0. The molecular weight excluding hydrogens is 443 g/mol. The lowest BCUT2D eigenvalue weighted by Crippen LogP contribution is -2.14. The van der Waals surface area contributed by atoms with Gasteiger partial charge < -0.3 is 10.6 Å². The molecule has 0 atom stereocenters. The number of alkyl halides is 3. The van der Waals surface area contributed by atoms with E-state index in [9.17, 15) is 22.8 Å². The van der Waals surface area contributed by atoms with Gasteiger partial charge in [0.1, 0.15) is 0 Å². The van der Waals surface area contributed by atoms with Gasteiger partial charge in [-0.15, -0.1) is 0 Å². The fourth-order valence-corrected chi connectivity index (χ4v) is 3.35. The summed E-state index contributed by atoms with van der Waals surface area (Å²) in [4.78, 5) is 29.3. The molecule has 0 saturated heterocycles. The minimum Gasteiger partial charge on any atom is -0.322 e. The first-order chi connectivity index (χ1) is 16.3. The Kier molecular flexibility index (Phi) is 6.40. The SMILES string of the molecule is O=C(Nc1cccc(NC(=O)c2ccccc2-c2ccc(C(F)(F)F)cc2)c1)c1cccnc1. The van der Waals surface area contributed by atoms with Crippen molar-refractivity contribution in [2.45, 2.75) is 6.18 Å². The zero-order valence-electron chi connectivity index (χ0n) is 17.6. The average Bonchev–Trinajstić information content (AvgIpc) is 2.84. The number of anilines is 2. The van der Waals surface area contributed by atoms with E-state index in [1.54, 1.807) is 66.9 Å². The second kappa shape index (κ2) is 9.58. The number of carbonyl (C=O) groups is 2. The first-order valence-electron chi connectivity index (χ1n) is 10.2. The molecule has 5 nitrogen and oxygen atoms in total. The topological polar surface area (TPSA) is 71.1 Å². The number of halogens is 3. The molecule has 1 aromatic heterocycles. The normalized spacial score (nSPS) is 11.0. The van der Waals surface area contributed by atoms with Gasteiger partial charge in [0.2, 0.25) is 0 Å². The molecule has 3 aromatic carbocycles. The summed E-state index contributed by atoms with van der Waals surface area (Å²) < 4.78 is 38.7. The summed E-state index contributed by atoms with van der Waals surface area (Å²) in [7, 11) is 0. The highest BCUT2D eigenvalue weighted by atomic mass is 19.4. The Bertz CT molecular complexity index is 1320. The molecule has 0 radical (unpaired) electrons. The molecule has 8 heteroatoms. The van der Waals surface area contributed by atoms with Gasteiger partial charge in [-0.05, 0) is 59.7 Å². The standard InChI is InChI=1S/C26H18F3N3O2/c27-26(28,29)19-12-10-17(11-13-19)22-8-1-2-9-23(22)25(34)32-21-7-3-6-20(15-21)31-24(33)18-5-4-14-30-16-18/h1-16H,(H,31,33)(H,32,34). The van der Waals surface area contributed by atoms with Crippen LogP contribution in [0.4, 0.5) is 24.5 Å². The van der Waals surface area contributed by atoms with Crippen LogP contribution >= 0.6 is 0 Å². The summed E-state index contributed by atoms with van der Waals surface area (Å²) in [6, 6.07) is 21.2. The molecule has 0 aliphatic carbocycles. The number of hydrogen-bond acceptors (Lipinski definition) is 3. The summed E-state index contributed by atoms with van der Waals surface area (Å²) in [5.74, 6) is -0.782. The van der Waals surface area contributed by atoms with Gasteiger partial charge in [0.05, 0.1) is 11.1 Å². The predicted molar refractivity (Wildman–Crippen MR) is 123 cm³/mol. The molecule has 0 aliphatic rings. The molecule has 0 saturated carbocycles. The van der Waals surface area contributed by atoms with Crippen molar-refractivity contribution in [3.05, 3.63) is 114 Å². The zero-order chi connectivity index (χ0) is 24.1. The Hall–Kier alpha value is -4.46. The van der Waals surface area contributed by atoms with Gasteiger partial charge in [-0.25, -0.2) is 0 Å². The number of nitrogens with zero attached hydrogens (tertiary/aromatic N) is 1. The molecule has 2 N–H and O–H groups in total. The van der Waals surface area contributed by atoms with E-state index < -0.39 is 17.6 Å². The molecule has 0 spiro atoms. The number of rotatable bonds is 5. The molecule has 0 fully saturated rings. The second-order valence-electron chi connectivity index (χ2n) is 7.35. The van der Waals surface area contributed by atoms with Crippen molar-refractivity contribution in [2.75, 3.05) is 10.6 Å². The Labute approximate surface area is 193 Å². The highest BCUT2D eigenvalue weighted by molar-refractivity contribution is 6.09. The fraction of sp³-hybridized carbons (Fsp3) is 0.0385. The maximum absolute atomic E-state index is 13.0. The van der Waals surface area contributed by atoms with Gasteiger partial charge in [-0.2, -0.15) is 13.2 Å². The van der Waals surface area contributed by atoms with Gasteiger partial charge in [-0.1, -0.05) is 36.4 Å². The van der Waals surface area contributed by atoms with Gasteiger partial charge in [0.25, 0.3) is 11.8 Å². The number of carbonyl (C=O) groups excluding carboxylic acids is 2. The number of pyridine rings is 1. The molecule has 34 heavy (non-hydrogen) atoms. The quantitative estimate of drug-likeness (QED) is 0.368. The minimum absolute atomic E-state index is 0.298. The highest BCUT2D eigenvalue weighted by Gasteiger charge is 2.30. The maximum Gasteiger partial charge on any atom is 0.416 e. The van der Waals surface area contributed by atoms with Crippen LogP contribution in [0.5, 0.6) is 0 Å². The molecule has 0 aliphatic heterocycles. The number of amides is 2. The zero-order valence-corrected chi connectivity index (χ0v) is 17.6. The first kappa shape index (κ1) is 22.7. The third kappa shape index (κ3) is 5.29. The Balaban J connectivity index is 1.53. The molecule has 0 bridgehead atoms. The van der Waals surface area contributed by atoms with Crippen LogP contribution in [0.1, 0.15) is 26.3 Å². The molecule has 4 aromatic rings. The van der Waals surface area contributed by atoms with Gasteiger partial charge in [-0.3, -0.25) is 14.6 Å².